The zero-order valence-electron chi connectivity index (χ0n) is 21.5. The van der Waals surface area contributed by atoms with E-state index in [1.54, 1.807) is 24.3 Å². The molecule has 1 amide bonds. The van der Waals surface area contributed by atoms with Gasteiger partial charge in [-0.1, -0.05) is 37.6 Å². The van der Waals surface area contributed by atoms with Crippen LogP contribution in [0.2, 0.25) is 0 Å². The highest BCUT2D eigenvalue weighted by atomic mass is 19.4. The number of ether oxygens (including phenoxy) is 1. The number of carbonyl (C=O) groups excluding carboxylic acids is 1. The molecule has 2 aromatic carbocycles. The fourth-order valence-electron chi connectivity index (χ4n) is 5.12. The fraction of sp³-hybridized carbons (Fsp3) is 0.357. The van der Waals surface area contributed by atoms with Gasteiger partial charge in [0, 0.05) is 18.2 Å². The fourth-order valence-corrected chi connectivity index (χ4v) is 5.12. The van der Waals surface area contributed by atoms with Gasteiger partial charge in [0.05, 0.1) is 36.3 Å². The highest BCUT2D eigenvalue weighted by Crippen LogP contribution is 2.33. The summed E-state index contributed by atoms with van der Waals surface area (Å²) in [4.78, 5) is 27.5. The van der Waals surface area contributed by atoms with Crippen LogP contribution in [0.1, 0.15) is 46.9 Å². The van der Waals surface area contributed by atoms with Gasteiger partial charge in [-0.15, -0.1) is 0 Å². The molecule has 5 rings (SSSR count). The lowest BCUT2D eigenvalue weighted by Gasteiger charge is -2.30. The summed E-state index contributed by atoms with van der Waals surface area (Å²) in [6, 6.07) is 10.9. The molecular formula is C28H29F3N5O3+. The lowest BCUT2D eigenvalue weighted by molar-refractivity contribution is -0.498. The van der Waals surface area contributed by atoms with Crippen molar-refractivity contribution in [3.63, 3.8) is 0 Å². The van der Waals surface area contributed by atoms with Crippen molar-refractivity contribution >= 4 is 22.5 Å². The molecule has 8 nitrogen and oxygen atoms in total. The smallest absolute Gasteiger partial charge is 0.492 e. The number of hydrogen-bond acceptors (Lipinski definition) is 4. The summed E-state index contributed by atoms with van der Waals surface area (Å²) in [7, 11) is 0. The number of H-pyrrole nitrogens is 1. The maximum atomic E-state index is 13.8. The summed E-state index contributed by atoms with van der Waals surface area (Å²) < 4.78 is 47.0. The van der Waals surface area contributed by atoms with E-state index in [-0.39, 0.29) is 31.1 Å². The molecule has 0 radical (unpaired) electrons. The largest absolute Gasteiger partial charge is 0.494 e. The maximum absolute atomic E-state index is 13.8. The molecule has 204 valence electrons. The Morgan fingerprint density at radius 1 is 1.26 bits per heavy atom. The van der Waals surface area contributed by atoms with Gasteiger partial charge in [-0.05, 0) is 35.8 Å². The van der Waals surface area contributed by atoms with E-state index in [0.717, 1.165) is 27.5 Å². The van der Waals surface area contributed by atoms with Crippen molar-refractivity contribution in [2.45, 2.75) is 38.8 Å². The van der Waals surface area contributed by atoms with Crippen LogP contribution in [0.3, 0.4) is 0 Å². The first-order chi connectivity index (χ1) is 18.7. The van der Waals surface area contributed by atoms with Crippen LogP contribution in [0.4, 0.5) is 13.2 Å². The molecule has 0 saturated carbocycles. The molecule has 0 bridgehead atoms. The van der Waals surface area contributed by atoms with Crippen molar-refractivity contribution in [1.82, 2.24) is 15.1 Å². The summed E-state index contributed by atoms with van der Waals surface area (Å²) in [6.45, 7) is 2.37. The molecule has 3 N–H and O–H groups in total. The number of benzene rings is 2. The van der Waals surface area contributed by atoms with Crippen LogP contribution in [-0.4, -0.2) is 63.8 Å². The number of nitrogens with one attached hydrogen (secondary N) is 1. The zero-order chi connectivity index (χ0) is 27.7. The topological polar surface area (TPSA) is 104 Å². The van der Waals surface area contributed by atoms with E-state index in [0.29, 0.717) is 54.0 Å². The van der Waals surface area contributed by atoms with Crippen LogP contribution in [0.5, 0.6) is 5.75 Å². The zero-order valence-corrected chi connectivity index (χ0v) is 21.5. The van der Waals surface area contributed by atoms with Gasteiger partial charge in [0.2, 0.25) is 0 Å². The van der Waals surface area contributed by atoms with Gasteiger partial charge in [0.15, 0.2) is 0 Å². The van der Waals surface area contributed by atoms with E-state index in [4.69, 9.17) is 10.5 Å². The number of rotatable bonds is 5. The standard InChI is InChI=1S/C28H28F3N5O3/c1-2-3-6-19-16-35(10-11-36(19)27(32)28(29,30)31)26(38)22-14-17(13-18-9-12-39-24(18)22)15-23-20-7-4-5-8-21(20)25(37)34-33-23/h4-8,13-14,32H,2-3,9-12,15-16H2,1H3,(H,34,37)/p+1/b19-6+. The van der Waals surface area contributed by atoms with E-state index in [1.807, 2.05) is 25.1 Å². The minimum atomic E-state index is -4.67. The molecule has 39 heavy (non-hydrogen) atoms. The summed E-state index contributed by atoms with van der Waals surface area (Å²) >= 11 is 0. The average Bonchev–Trinajstić information content (AvgIpc) is 3.40. The lowest BCUT2D eigenvalue weighted by atomic mass is 9.97. The van der Waals surface area contributed by atoms with Crippen molar-refractivity contribution in [3.05, 3.63) is 80.9 Å². The highest BCUT2D eigenvalue weighted by molar-refractivity contribution is 5.98. The van der Waals surface area contributed by atoms with Crippen molar-refractivity contribution in [2.24, 2.45) is 5.73 Å². The molecule has 11 heteroatoms. The second-order valence-electron chi connectivity index (χ2n) is 9.70. The number of amides is 1. The molecule has 0 spiro atoms. The molecule has 0 atom stereocenters. The van der Waals surface area contributed by atoms with Crippen molar-refractivity contribution in [2.75, 3.05) is 26.2 Å². The lowest BCUT2D eigenvalue weighted by Crippen LogP contribution is -2.50. The summed E-state index contributed by atoms with van der Waals surface area (Å²) in [5, 5.41) is 8.06. The summed E-state index contributed by atoms with van der Waals surface area (Å²) in [5.74, 6) is -0.989. The predicted molar refractivity (Wildman–Crippen MR) is 140 cm³/mol. The number of carbonyl (C=O) groups is 1. The molecule has 1 saturated heterocycles. The monoisotopic (exact) mass is 540 g/mol. The highest BCUT2D eigenvalue weighted by Gasteiger charge is 2.43. The second-order valence-corrected chi connectivity index (χ2v) is 9.70. The Bertz CT molecular complexity index is 1560. The number of amidine groups is 1. The summed E-state index contributed by atoms with van der Waals surface area (Å²) in [6.07, 6.45) is -0.642. The first-order valence-electron chi connectivity index (χ1n) is 12.9. The second kappa shape index (κ2) is 10.5. The number of unbranched alkanes of at least 4 members (excludes halogenated alkanes) is 1. The van der Waals surface area contributed by atoms with Gasteiger partial charge < -0.3 is 9.64 Å². The Morgan fingerprint density at radius 2 is 2.03 bits per heavy atom. The number of hydrogen-bond donors (Lipinski definition) is 2. The molecule has 3 heterocycles. The van der Waals surface area contributed by atoms with Gasteiger partial charge in [0.1, 0.15) is 18.0 Å². The van der Waals surface area contributed by atoms with Gasteiger partial charge >= 0.3 is 12.0 Å². The minimum absolute atomic E-state index is 0.000724. The Kier molecular flexibility index (Phi) is 7.16. The van der Waals surface area contributed by atoms with E-state index in [1.165, 1.54) is 4.90 Å². The van der Waals surface area contributed by atoms with Crippen LogP contribution >= 0.6 is 0 Å². The number of aromatic amines is 1. The first-order valence-corrected chi connectivity index (χ1v) is 12.9. The van der Waals surface area contributed by atoms with E-state index >= 15 is 0 Å². The van der Waals surface area contributed by atoms with Gasteiger partial charge in [-0.3, -0.25) is 15.3 Å². The number of nitrogens with zero attached hydrogens (tertiary/aromatic N) is 3. The number of halogens is 3. The molecule has 2 aliphatic rings. The quantitative estimate of drug-likeness (QED) is 0.381. The number of allylic oxidation sites excluding steroid dienone is 1. The first kappa shape index (κ1) is 26.5. The molecule has 0 unspecified atom stereocenters. The minimum Gasteiger partial charge on any atom is -0.492 e. The number of piperazine rings is 1. The predicted octanol–water partition coefficient (Wildman–Crippen LogP) is 3.52. The third kappa shape index (κ3) is 5.25. The summed E-state index contributed by atoms with van der Waals surface area (Å²) in [5.41, 5.74) is 8.28. The normalized spacial score (nSPS) is 17.8. The van der Waals surface area contributed by atoms with E-state index in [2.05, 4.69) is 10.2 Å². The molecular weight excluding hydrogens is 511 g/mol. The van der Waals surface area contributed by atoms with E-state index < -0.39 is 12.0 Å². The van der Waals surface area contributed by atoms with Crippen molar-refractivity contribution < 1.29 is 27.3 Å². The van der Waals surface area contributed by atoms with Crippen LogP contribution in [0.15, 0.2) is 53.0 Å². The van der Waals surface area contributed by atoms with Gasteiger partial charge in [-0.2, -0.15) is 18.3 Å². The van der Waals surface area contributed by atoms with Gasteiger partial charge in [0.25, 0.3) is 11.5 Å². The van der Waals surface area contributed by atoms with Crippen LogP contribution in [0, 0.1) is 0 Å². The van der Waals surface area contributed by atoms with E-state index in [9.17, 15) is 22.8 Å². The maximum Gasteiger partial charge on any atom is 0.494 e. The number of nitrogens with two attached hydrogens (primary N) is 1. The SMILES string of the molecule is CCC/C=C1\CN(C(=O)c2cc(Cc3n[nH]c(=O)c4ccccc34)cc3c2OCC3)CC[N+]1=C(N)C(F)(F)F. The van der Waals surface area contributed by atoms with Gasteiger partial charge in [-0.25, -0.2) is 9.67 Å². The molecule has 0 aliphatic carbocycles. The third-order valence-electron chi connectivity index (χ3n) is 7.05. The molecule has 1 fully saturated rings. The average molecular weight is 541 g/mol. The van der Waals surface area contributed by atoms with Crippen LogP contribution in [0.25, 0.3) is 10.8 Å². The number of aromatic nitrogens is 2. The van der Waals surface area contributed by atoms with Crippen molar-refractivity contribution in [1.29, 1.82) is 0 Å². The Morgan fingerprint density at radius 3 is 2.77 bits per heavy atom. The van der Waals surface area contributed by atoms with Crippen LogP contribution in [-0.2, 0) is 12.8 Å². The number of fused-ring (bicyclic) bond motifs is 2. The number of alkyl halides is 3. The van der Waals surface area contributed by atoms with Crippen molar-refractivity contribution in [3.8, 4) is 5.75 Å². The Hall–Kier alpha value is -4.15. The molecule has 2 aliphatic heterocycles. The Balaban J connectivity index is 1.48. The third-order valence-corrected chi connectivity index (χ3v) is 7.05. The Labute approximate surface area is 222 Å². The molecule has 3 aromatic rings. The van der Waals surface area contributed by atoms with Crippen LogP contribution < -0.4 is 16.0 Å². The molecule has 1 aromatic heterocycles.